The Balaban J connectivity index is 1.44. The highest BCUT2D eigenvalue weighted by Gasteiger charge is 2.39. The van der Waals surface area contributed by atoms with Gasteiger partial charge in [-0.2, -0.15) is 0 Å². The van der Waals surface area contributed by atoms with Gasteiger partial charge in [0.1, 0.15) is 6.04 Å². The molecule has 0 unspecified atom stereocenters. The van der Waals surface area contributed by atoms with Gasteiger partial charge in [0.15, 0.2) is 0 Å². The molecule has 0 saturated carbocycles. The van der Waals surface area contributed by atoms with Crippen LogP contribution in [-0.2, 0) is 11.3 Å². The molecule has 158 valence electrons. The summed E-state index contributed by atoms with van der Waals surface area (Å²) in [7, 11) is 0. The molecule has 2 amide bonds. The van der Waals surface area contributed by atoms with Crippen LogP contribution in [0.5, 0.6) is 0 Å². The second-order valence-electron chi connectivity index (χ2n) is 9.17. The molecule has 4 rings (SSSR count). The van der Waals surface area contributed by atoms with Gasteiger partial charge in [0.25, 0.3) is 5.91 Å². The normalized spacial score (nSPS) is 26.6. The third kappa shape index (κ3) is 4.07. The van der Waals surface area contributed by atoms with Gasteiger partial charge in [-0.05, 0) is 62.2 Å². The zero-order valence-corrected chi connectivity index (χ0v) is 17.9. The average molecular weight is 398 g/mol. The fourth-order valence-corrected chi connectivity index (χ4v) is 5.58. The standard InChI is InChI=1S/C24H35N3O2/c1-3-17(2)22(27-16-19-9-4-5-11-20(19)24(27)29)23(28)25-15-18-10-8-14-26-13-7-6-12-21(18)26/h4-5,9,11,17-18,21-22H,3,6-8,10,12-16H2,1-2H3,(H,25,28)/t17-,18+,21+,22-/m0/s1. The maximum absolute atomic E-state index is 13.3. The highest BCUT2D eigenvalue weighted by atomic mass is 16.2. The largest absolute Gasteiger partial charge is 0.354 e. The van der Waals surface area contributed by atoms with E-state index in [4.69, 9.17) is 0 Å². The first-order valence-corrected chi connectivity index (χ1v) is 11.5. The van der Waals surface area contributed by atoms with Crippen LogP contribution in [0.15, 0.2) is 24.3 Å². The minimum Gasteiger partial charge on any atom is -0.354 e. The summed E-state index contributed by atoms with van der Waals surface area (Å²) in [6, 6.07) is 7.97. The smallest absolute Gasteiger partial charge is 0.255 e. The number of nitrogens with zero attached hydrogens (tertiary/aromatic N) is 2. The summed E-state index contributed by atoms with van der Waals surface area (Å²) in [6.07, 6.45) is 7.17. The molecule has 1 aromatic carbocycles. The van der Waals surface area contributed by atoms with Gasteiger partial charge < -0.3 is 15.1 Å². The minimum absolute atomic E-state index is 0.00262. The van der Waals surface area contributed by atoms with Crippen molar-refractivity contribution in [2.45, 2.75) is 71.0 Å². The Bertz CT molecular complexity index is 747. The monoisotopic (exact) mass is 397 g/mol. The predicted octanol–water partition coefficient (Wildman–Crippen LogP) is 3.44. The molecule has 3 aliphatic rings. The molecule has 0 spiro atoms. The summed E-state index contributed by atoms with van der Waals surface area (Å²) in [5, 5.41) is 3.27. The van der Waals surface area contributed by atoms with Gasteiger partial charge in [0.2, 0.25) is 5.91 Å². The van der Waals surface area contributed by atoms with Gasteiger partial charge >= 0.3 is 0 Å². The van der Waals surface area contributed by atoms with Crippen LogP contribution in [0, 0.1) is 11.8 Å². The molecule has 0 radical (unpaired) electrons. The Hall–Kier alpha value is -1.88. The van der Waals surface area contributed by atoms with Crippen molar-refractivity contribution >= 4 is 11.8 Å². The van der Waals surface area contributed by atoms with Crippen LogP contribution in [0.1, 0.15) is 68.3 Å². The molecule has 2 fully saturated rings. The highest BCUT2D eigenvalue weighted by molar-refractivity contribution is 6.01. The number of carbonyl (C=O) groups is 2. The summed E-state index contributed by atoms with van der Waals surface area (Å²) in [6.45, 7) is 7.89. The summed E-state index contributed by atoms with van der Waals surface area (Å²) < 4.78 is 0. The van der Waals surface area contributed by atoms with Gasteiger partial charge in [0.05, 0.1) is 0 Å². The van der Waals surface area contributed by atoms with Crippen molar-refractivity contribution in [3.63, 3.8) is 0 Å². The van der Waals surface area contributed by atoms with Gasteiger partial charge in [0, 0.05) is 24.7 Å². The predicted molar refractivity (Wildman–Crippen MR) is 115 cm³/mol. The Morgan fingerprint density at radius 2 is 1.97 bits per heavy atom. The van der Waals surface area contributed by atoms with Gasteiger partial charge in [-0.3, -0.25) is 9.59 Å². The quantitative estimate of drug-likeness (QED) is 0.800. The van der Waals surface area contributed by atoms with Crippen LogP contribution >= 0.6 is 0 Å². The molecule has 0 bridgehead atoms. The van der Waals surface area contributed by atoms with E-state index < -0.39 is 6.04 Å². The van der Waals surface area contributed by atoms with Crippen molar-refractivity contribution in [1.29, 1.82) is 0 Å². The lowest BCUT2D eigenvalue weighted by atomic mass is 9.83. The second kappa shape index (κ2) is 8.86. The number of rotatable bonds is 6. The number of nitrogens with one attached hydrogen (secondary N) is 1. The van der Waals surface area contributed by atoms with Crippen LogP contribution < -0.4 is 5.32 Å². The van der Waals surface area contributed by atoms with Crippen molar-refractivity contribution in [1.82, 2.24) is 15.1 Å². The van der Waals surface area contributed by atoms with Crippen molar-refractivity contribution in [2.24, 2.45) is 11.8 Å². The minimum atomic E-state index is -0.397. The van der Waals surface area contributed by atoms with Gasteiger partial charge in [-0.25, -0.2) is 0 Å². The summed E-state index contributed by atoms with van der Waals surface area (Å²) in [5.41, 5.74) is 1.78. The SMILES string of the molecule is CC[C@H](C)[C@@H](C(=O)NC[C@H]1CCCN2CCCC[C@H]12)N1Cc2ccccc2C1=O. The van der Waals surface area contributed by atoms with Crippen LogP contribution in [-0.4, -0.2) is 53.3 Å². The number of piperidine rings is 2. The summed E-state index contributed by atoms with van der Waals surface area (Å²) in [4.78, 5) is 30.7. The average Bonchev–Trinajstić information content (AvgIpc) is 3.08. The van der Waals surface area contributed by atoms with Crippen LogP contribution in [0.4, 0.5) is 0 Å². The first-order valence-electron chi connectivity index (χ1n) is 11.5. The van der Waals surface area contributed by atoms with E-state index in [0.717, 1.165) is 24.1 Å². The van der Waals surface area contributed by atoms with Gasteiger partial charge in [-0.1, -0.05) is 44.9 Å². The van der Waals surface area contributed by atoms with E-state index >= 15 is 0 Å². The molecule has 2 saturated heterocycles. The molecule has 1 N–H and O–H groups in total. The number of benzene rings is 1. The number of carbonyl (C=O) groups excluding carboxylic acids is 2. The van der Waals surface area contributed by atoms with Crippen molar-refractivity contribution < 1.29 is 9.59 Å². The van der Waals surface area contributed by atoms with Crippen LogP contribution in [0.3, 0.4) is 0 Å². The third-order valence-electron chi connectivity index (χ3n) is 7.40. The maximum Gasteiger partial charge on any atom is 0.255 e. The van der Waals surface area contributed by atoms with Crippen molar-refractivity contribution in [3.05, 3.63) is 35.4 Å². The van der Waals surface area contributed by atoms with Crippen LogP contribution in [0.2, 0.25) is 0 Å². The maximum atomic E-state index is 13.3. The number of fused-ring (bicyclic) bond motifs is 2. The number of hydrogen-bond donors (Lipinski definition) is 1. The molecule has 5 heteroatoms. The number of amides is 2. The zero-order valence-electron chi connectivity index (χ0n) is 17.9. The molecule has 0 aromatic heterocycles. The Morgan fingerprint density at radius 1 is 1.17 bits per heavy atom. The molecule has 3 heterocycles. The fourth-order valence-electron chi connectivity index (χ4n) is 5.58. The van der Waals surface area contributed by atoms with E-state index in [1.807, 2.05) is 24.3 Å². The van der Waals surface area contributed by atoms with E-state index in [-0.39, 0.29) is 17.7 Å². The van der Waals surface area contributed by atoms with E-state index in [2.05, 4.69) is 24.1 Å². The molecule has 1 aromatic rings. The fraction of sp³-hybridized carbons (Fsp3) is 0.667. The van der Waals surface area contributed by atoms with E-state index in [9.17, 15) is 9.59 Å². The number of hydrogen-bond acceptors (Lipinski definition) is 3. The van der Waals surface area contributed by atoms with Crippen LogP contribution in [0.25, 0.3) is 0 Å². The topological polar surface area (TPSA) is 52.7 Å². The third-order valence-corrected chi connectivity index (χ3v) is 7.40. The Morgan fingerprint density at radius 3 is 2.76 bits per heavy atom. The Kier molecular flexibility index (Phi) is 6.23. The second-order valence-corrected chi connectivity index (χ2v) is 9.17. The van der Waals surface area contributed by atoms with E-state index in [1.54, 1.807) is 4.90 Å². The lowest BCUT2D eigenvalue weighted by Gasteiger charge is -2.44. The summed E-state index contributed by atoms with van der Waals surface area (Å²) in [5.74, 6) is 0.688. The van der Waals surface area contributed by atoms with Crippen molar-refractivity contribution in [2.75, 3.05) is 19.6 Å². The van der Waals surface area contributed by atoms with Crippen molar-refractivity contribution in [3.8, 4) is 0 Å². The van der Waals surface area contributed by atoms with Gasteiger partial charge in [-0.15, -0.1) is 0 Å². The highest BCUT2D eigenvalue weighted by Crippen LogP contribution is 2.31. The van der Waals surface area contributed by atoms with E-state index in [0.29, 0.717) is 18.5 Å². The molecule has 29 heavy (non-hydrogen) atoms. The lowest BCUT2D eigenvalue weighted by molar-refractivity contribution is -0.127. The van der Waals surface area contributed by atoms with E-state index in [1.165, 1.54) is 45.2 Å². The summed E-state index contributed by atoms with van der Waals surface area (Å²) >= 11 is 0. The lowest BCUT2D eigenvalue weighted by Crippen LogP contribution is -2.54. The molecule has 3 aliphatic heterocycles. The first kappa shape index (κ1) is 20.4. The zero-order chi connectivity index (χ0) is 20.4. The molecule has 5 nitrogen and oxygen atoms in total. The molecule has 0 aliphatic carbocycles. The Labute approximate surface area is 174 Å². The molecular formula is C24H35N3O2. The first-order chi connectivity index (χ1) is 14.1. The molecular weight excluding hydrogens is 362 g/mol. The molecule has 4 atom stereocenters.